The third-order valence-electron chi connectivity index (χ3n) is 3.85. The van der Waals surface area contributed by atoms with Crippen molar-refractivity contribution in [3.8, 4) is 0 Å². The smallest absolute Gasteiger partial charge is 0.221 e. The average Bonchev–Trinajstić information content (AvgIpc) is 3.11. The van der Waals surface area contributed by atoms with Gasteiger partial charge in [-0.25, -0.2) is 0 Å². The molecule has 1 amide bonds. The molecule has 1 unspecified atom stereocenters. The number of nitrogens with zero attached hydrogens (tertiary/aromatic N) is 1. The Bertz CT molecular complexity index is 411. The quantitative estimate of drug-likeness (QED) is 0.769. The van der Waals surface area contributed by atoms with Crippen molar-refractivity contribution in [3.63, 3.8) is 0 Å². The van der Waals surface area contributed by atoms with Crippen molar-refractivity contribution in [1.82, 2.24) is 15.5 Å². The molecule has 2 heterocycles. The minimum absolute atomic E-state index is 0.0962. The Morgan fingerprint density at radius 3 is 2.76 bits per heavy atom. The zero-order valence-corrected chi connectivity index (χ0v) is 13.1. The fraction of sp³-hybridized carbons (Fsp3) is 0.688. The van der Waals surface area contributed by atoms with Crippen LogP contribution in [0.5, 0.6) is 0 Å². The zero-order valence-electron chi connectivity index (χ0n) is 13.1. The molecule has 1 aliphatic heterocycles. The van der Waals surface area contributed by atoms with Crippen LogP contribution in [-0.4, -0.2) is 43.0 Å². The first kappa shape index (κ1) is 16.0. The van der Waals surface area contributed by atoms with Crippen LogP contribution in [0.2, 0.25) is 0 Å². The Hall–Kier alpha value is -1.33. The molecule has 21 heavy (non-hydrogen) atoms. The molecular weight excluding hydrogens is 266 g/mol. The van der Waals surface area contributed by atoms with Gasteiger partial charge in [0.1, 0.15) is 5.76 Å². The highest BCUT2D eigenvalue weighted by Crippen LogP contribution is 2.24. The largest absolute Gasteiger partial charge is 0.468 e. The monoisotopic (exact) mass is 293 g/mol. The van der Waals surface area contributed by atoms with Gasteiger partial charge in [0.15, 0.2) is 0 Å². The Kier molecular flexibility index (Phi) is 6.26. The Morgan fingerprint density at radius 2 is 2.14 bits per heavy atom. The molecule has 1 aliphatic rings. The van der Waals surface area contributed by atoms with Crippen LogP contribution in [0.3, 0.4) is 0 Å². The highest BCUT2D eigenvalue weighted by Gasteiger charge is 2.25. The number of hydrogen-bond acceptors (Lipinski definition) is 4. The summed E-state index contributed by atoms with van der Waals surface area (Å²) in [6.45, 7) is 7.66. The van der Waals surface area contributed by atoms with E-state index in [2.05, 4.69) is 29.4 Å². The second kappa shape index (κ2) is 8.20. The average molecular weight is 293 g/mol. The minimum Gasteiger partial charge on any atom is -0.468 e. The lowest BCUT2D eigenvalue weighted by atomic mass is 10.2. The summed E-state index contributed by atoms with van der Waals surface area (Å²) in [6.07, 6.45) is 4.67. The first-order valence-electron chi connectivity index (χ1n) is 7.94. The highest BCUT2D eigenvalue weighted by atomic mass is 16.3. The number of likely N-dealkylation sites (tertiary alicyclic amines) is 1. The predicted octanol–water partition coefficient (Wildman–Crippen LogP) is 1.92. The molecular formula is C16H27N3O2. The van der Waals surface area contributed by atoms with E-state index in [4.69, 9.17) is 4.42 Å². The van der Waals surface area contributed by atoms with Crippen LogP contribution < -0.4 is 10.6 Å². The van der Waals surface area contributed by atoms with Gasteiger partial charge in [-0.3, -0.25) is 9.69 Å². The van der Waals surface area contributed by atoms with E-state index in [1.54, 1.807) is 6.26 Å². The van der Waals surface area contributed by atoms with Gasteiger partial charge in [-0.15, -0.1) is 0 Å². The van der Waals surface area contributed by atoms with Crippen LogP contribution in [-0.2, 0) is 4.79 Å². The lowest BCUT2D eigenvalue weighted by Crippen LogP contribution is -2.37. The third-order valence-corrected chi connectivity index (χ3v) is 3.85. The van der Waals surface area contributed by atoms with Gasteiger partial charge in [-0.2, -0.15) is 0 Å². The summed E-state index contributed by atoms with van der Waals surface area (Å²) < 4.78 is 5.55. The van der Waals surface area contributed by atoms with Crippen molar-refractivity contribution in [2.75, 3.05) is 26.2 Å². The second-order valence-corrected chi connectivity index (χ2v) is 5.94. The van der Waals surface area contributed by atoms with E-state index in [-0.39, 0.29) is 11.9 Å². The molecule has 1 aromatic heterocycles. The zero-order chi connectivity index (χ0) is 15.1. The van der Waals surface area contributed by atoms with Crippen molar-refractivity contribution in [1.29, 1.82) is 0 Å². The van der Waals surface area contributed by atoms with Crippen molar-refractivity contribution >= 4 is 5.91 Å². The Balaban J connectivity index is 1.80. The molecule has 1 saturated heterocycles. The summed E-state index contributed by atoms with van der Waals surface area (Å²) in [6, 6.07) is 4.48. The van der Waals surface area contributed by atoms with Crippen molar-refractivity contribution in [2.24, 2.45) is 0 Å². The second-order valence-electron chi connectivity index (χ2n) is 5.94. The molecule has 1 atom stereocenters. The molecule has 0 spiro atoms. The van der Waals surface area contributed by atoms with Gasteiger partial charge in [0.2, 0.25) is 5.91 Å². The van der Waals surface area contributed by atoms with Crippen LogP contribution in [0.1, 0.15) is 44.9 Å². The fourth-order valence-corrected chi connectivity index (χ4v) is 2.72. The summed E-state index contributed by atoms with van der Waals surface area (Å²) in [4.78, 5) is 14.3. The first-order chi connectivity index (χ1) is 10.2. The number of rotatable bonds is 8. The minimum atomic E-state index is 0.0962. The first-order valence-corrected chi connectivity index (χ1v) is 7.94. The highest BCUT2D eigenvalue weighted by molar-refractivity contribution is 5.76. The van der Waals surface area contributed by atoms with Gasteiger partial charge in [-0.05, 0) is 38.1 Å². The molecule has 5 heteroatoms. The van der Waals surface area contributed by atoms with Crippen molar-refractivity contribution in [2.45, 2.75) is 45.2 Å². The van der Waals surface area contributed by atoms with Gasteiger partial charge >= 0.3 is 0 Å². The van der Waals surface area contributed by atoms with Gasteiger partial charge in [0.25, 0.3) is 0 Å². The Morgan fingerprint density at radius 1 is 1.38 bits per heavy atom. The Labute approximate surface area is 127 Å². The van der Waals surface area contributed by atoms with E-state index in [0.717, 1.165) is 25.4 Å². The maximum absolute atomic E-state index is 11.9. The molecule has 0 radical (unpaired) electrons. The van der Waals surface area contributed by atoms with E-state index in [0.29, 0.717) is 19.0 Å². The SMILES string of the molecule is CC(C)NCCC(=O)NCC(c1ccco1)N1CCCC1. The molecule has 1 aromatic rings. The maximum atomic E-state index is 11.9. The number of furan rings is 1. The van der Waals surface area contributed by atoms with Crippen LogP contribution in [0, 0.1) is 0 Å². The number of amides is 1. The van der Waals surface area contributed by atoms with Gasteiger partial charge in [0, 0.05) is 25.6 Å². The summed E-state index contributed by atoms with van der Waals surface area (Å²) in [5, 5.41) is 6.30. The third kappa shape index (κ3) is 5.17. The molecule has 0 aliphatic carbocycles. The number of carbonyl (C=O) groups excluding carboxylic acids is 1. The van der Waals surface area contributed by atoms with Crippen molar-refractivity contribution < 1.29 is 9.21 Å². The molecule has 0 aromatic carbocycles. The lowest BCUT2D eigenvalue weighted by molar-refractivity contribution is -0.121. The summed E-state index contributed by atoms with van der Waals surface area (Å²) in [7, 11) is 0. The van der Waals surface area contributed by atoms with E-state index in [9.17, 15) is 4.79 Å². The number of carbonyl (C=O) groups is 1. The molecule has 1 fully saturated rings. The molecule has 5 nitrogen and oxygen atoms in total. The molecule has 0 saturated carbocycles. The number of hydrogen-bond donors (Lipinski definition) is 2. The van der Waals surface area contributed by atoms with Gasteiger partial charge in [-0.1, -0.05) is 13.8 Å². The predicted molar refractivity (Wildman–Crippen MR) is 83.0 cm³/mol. The standard InChI is InChI=1S/C16H27N3O2/c1-13(2)17-8-7-16(20)18-12-14(15-6-5-11-21-15)19-9-3-4-10-19/h5-6,11,13-14,17H,3-4,7-10,12H2,1-2H3,(H,18,20). The van der Waals surface area contributed by atoms with E-state index in [1.807, 2.05) is 12.1 Å². The van der Waals surface area contributed by atoms with Crippen LogP contribution in [0.4, 0.5) is 0 Å². The topological polar surface area (TPSA) is 57.5 Å². The maximum Gasteiger partial charge on any atom is 0.221 e. The van der Waals surface area contributed by atoms with Crippen LogP contribution in [0.15, 0.2) is 22.8 Å². The van der Waals surface area contributed by atoms with Gasteiger partial charge in [0.05, 0.1) is 12.3 Å². The molecule has 118 valence electrons. The fourth-order valence-electron chi connectivity index (χ4n) is 2.72. The number of nitrogens with one attached hydrogen (secondary N) is 2. The van der Waals surface area contributed by atoms with Crippen molar-refractivity contribution in [3.05, 3.63) is 24.2 Å². The van der Waals surface area contributed by atoms with E-state index < -0.39 is 0 Å². The molecule has 0 bridgehead atoms. The summed E-state index contributed by atoms with van der Waals surface area (Å²) >= 11 is 0. The normalized spacial score (nSPS) is 17.3. The lowest BCUT2D eigenvalue weighted by Gasteiger charge is -2.26. The van der Waals surface area contributed by atoms with E-state index >= 15 is 0 Å². The summed E-state index contributed by atoms with van der Waals surface area (Å²) in [5.74, 6) is 1.04. The summed E-state index contributed by atoms with van der Waals surface area (Å²) in [5.41, 5.74) is 0. The van der Waals surface area contributed by atoms with Gasteiger partial charge < -0.3 is 15.1 Å². The van der Waals surface area contributed by atoms with Crippen LogP contribution >= 0.6 is 0 Å². The van der Waals surface area contributed by atoms with E-state index in [1.165, 1.54) is 12.8 Å². The molecule has 2 N–H and O–H groups in total. The molecule has 2 rings (SSSR count). The van der Waals surface area contributed by atoms with Crippen LogP contribution in [0.25, 0.3) is 0 Å².